The number of carbonyl (C=O) groups is 1. The molecule has 0 aromatic heterocycles. The third-order valence-electron chi connectivity index (χ3n) is 6.52. The Kier molecular flexibility index (Phi) is 5.27. The Hall–Kier alpha value is -2.53. The standard InChI is InChI=1S/C25H30O5/c1-14(2)23-20(22(26)17-12-11-15(27-5)13-19(17)28-6)21-16-9-7-8-10-18(16)29-24(30-23)25(21,3)4/h7-14,20-21,23-24H,1-6H3/t20-,21-,23-,24+/m0/s1. The molecule has 0 N–H and O–H groups in total. The number of ether oxygens (including phenoxy) is 4. The normalized spacial score (nSPS) is 26.5. The highest BCUT2D eigenvalue weighted by Crippen LogP contribution is 2.57. The number of rotatable bonds is 5. The first-order valence-electron chi connectivity index (χ1n) is 10.5. The Labute approximate surface area is 178 Å². The van der Waals surface area contributed by atoms with Gasteiger partial charge in [-0.05, 0) is 29.7 Å². The number of Topliss-reactive ketones (excluding diaryl/α,β-unsaturated/α-hetero) is 1. The van der Waals surface area contributed by atoms with Crippen molar-refractivity contribution in [3.05, 3.63) is 53.6 Å². The van der Waals surface area contributed by atoms with Crippen molar-refractivity contribution in [3.63, 3.8) is 0 Å². The van der Waals surface area contributed by atoms with E-state index in [-0.39, 0.29) is 35.1 Å². The van der Waals surface area contributed by atoms with E-state index in [9.17, 15) is 4.79 Å². The van der Waals surface area contributed by atoms with Crippen LogP contribution < -0.4 is 14.2 Å². The minimum absolute atomic E-state index is 0.0291. The number of methoxy groups -OCH3 is 2. The Balaban J connectivity index is 1.87. The van der Waals surface area contributed by atoms with Crippen molar-refractivity contribution >= 4 is 5.78 Å². The number of hydrogen-bond acceptors (Lipinski definition) is 5. The number of benzene rings is 2. The molecule has 5 heteroatoms. The van der Waals surface area contributed by atoms with E-state index in [2.05, 4.69) is 33.8 Å². The summed E-state index contributed by atoms with van der Waals surface area (Å²) in [5, 5.41) is 0. The summed E-state index contributed by atoms with van der Waals surface area (Å²) in [6.45, 7) is 8.44. The van der Waals surface area contributed by atoms with Crippen LogP contribution in [0.15, 0.2) is 42.5 Å². The predicted molar refractivity (Wildman–Crippen MR) is 114 cm³/mol. The first kappa shape index (κ1) is 20.7. The lowest BCUT2D eigenvalue weighted by Crippen LogP contribution is -2.59. The van der Waals surface area contributed by atoms with Crippen LogP contribution >= 0.6 is 0 Å². The molecular formula is C25H30O5. The summed E-state index contributed by atoms with van der Waals surface area (Å²) in [4.78, 5) is 14.0. The van der Waals surface area contributed by atoms with E-state index >= 15 is 0 Å². The van der Waals surface area contributed by atoms with Gasteiger partial charge in [-0.3, -0.25) is 4.79 Å². The molecule has 30 heavy (non-hydrogen) atoms. The van der Waals surface area contributed by atoms with Crippen molar-refractivity contribution in [2.75, 3.05) is 14.2 Å². The maximum absolute atomic E-state index is 14.0. The molecule has 0 aliphatic carbocycles. The van der Waals surface area contributed by atoms with E-state index in [0.29, 0.717) is 17.1 Å². The van der Waals surface area contributed by atoms with E-state index in [1.807, 2.05) is 18.2 Å². The van der Waals surface area contributed by atoms with E-state index in [4.69, 9.17) is 18.9 Å². The lowest BCUT2D eigenvalue weighted by molar-refractivity contribution is -0.249. The van der Waals surface area contributed by atoms with Crippen LogP contribution in [-0.4, -0.2) is 32.4 Å². The van der Waals surface area contributed by atoms with Gasteiger partial charge in [-0.15, -0.1) is 0 Å². The minimum atomic E-state index is -0.397. The molecule has 0 saturated carbocycles. The molecule has 2 aliphatic heterocycles. The molecule has 160 valence electrons. The highest BCUT2D eigenvalue weighted by Gasteiger charge is 2.58. The van der Waals surface area contributed by atoms with Gasteiger partial charge < -0.3 is 18.9 Å². The Morgan fingerprint density at radius 3 is 2.47 bits per heavy atom. The maximum Gasteiger partial charge on any atom is 0.205 e. The maximum atomic E-state index is 14.0. The summed E-state index contributed by atoms with van der Waals surface area (Å²) in [7, 11) is 3.17. The molecule has 0 radical (unpaired) electrons. The zero-order chi connectivity index (χ0) is 21.6. The Morgan fingerprint density at radius 2 is 1.80 bits per heavy atom. The summed E-state index contributed by atoms with van der Waals surface area (Å²) < 4.78 is 23.6. The fourth-order valence-electron chi connectivity index (χ4n) is 4.99. The largest absolute Gasteiger partial charge is 0.497 e. The highest BCUT2D eigenvalue weighted by molar-refractivity contribution is 6.01. The van der Waals surface area contributed by atoms with Gasteiger partial charge in [-0.1, -0.05) is 45.9 Å². The van der Waals surface area contributed by atoms with Crippen LogP contribution in [0.5, 0.6) is 17.2 Å². The van der Waals surface area contributed by atoms with Crippen molar-refractivity contribution in [1.29, 1.82) is 0 Å². The van der Waals surface area contributed by atoms with E-state index < -0.39 is 6.29 Å². The van der Waals surface area contributed by atoms with Crippen LogP contribution in [0.4, 0.5) is 0 Å². The molecule has 4 atom stereocenters. The molecule has 2 aliphatic rings. The number of hydrogen-bond donors (Lipinski definition) is 0. The van der Waals surface area contributed by atoms with Gasteiger partial charge in [-0.25, -0.2) is 0 Å². The van der Waals surface area contributed by atoms with Gasteiger partial charge in [0.15, 0.2) is 5.78 Å². The summed E-state index contributed by atoms with van der Waals surface area (Å²) in [6.07, 6.45) is -0.660. The van der Waals surface area contributed by atoms with Gasteiger partial charge in [0.1, 0.15) is 17.2 Å². The second-order valence-corrected chi connectivity index (χ2v) is 9.09. The average Bonchev–Trinajstić information content (AvgIpc) is 2.72. The summed E-state index contributed by atoms with van der Waals surface area (Å²) in [6, 6.07) is 13.3. The van der Waals surface area contributed by atoms with Gasteiger partial charge in [0.05, 0.1) is 31.8 Å². The molecule has 2 heterocycles. The molecule has 1 fully saturated rings. The third-order valence-corrected chi connectivity index (χ3v) is 6.52. The van der Waals surface area contributed by atoms with Crippen molar-refractivity contribution in [2.24, 2.45) is 17.3 Å². The van der Waals surface area contributed by atoms with Crippen LogP contribution in [0.2, 0.25) is 0 Å². The smallest absolute Gasteiger partial charge is 0.205 e. The second kappa shape index (κ2) is 7.62. The third kappa shape index (κ3) is 3.16. The summed E-state index contributed by atoms with van der Waals surface area (Å²) >= 11 is 0. The molecule has 2 aromatic rings. The van der Waals surface area contributed by atoms with Crippen LogP contribution in [0.25, 0.3) is 0 Å². The minimum Gasteiger partial charge on any atom is -0.497 e. The van der Waals surface area contributed by atoms with Crippen LogP contribution in [0.3, 0.4) is 0 Å². The lowest BCUT2D eigenvalue weighted by atomic mass is 9.60. The Bertz CT molecular complexity index is 948. The molecule has 5 nitrogen and oxygen atoms in total. The fourth-order valence-corrected chi connectivity index (χ4v) is 4.99. The lowest BCUT2D eigenvalue weighted by Gasteiger charge is -2.55. The molecule has 0 spiro atoms. The molecule has 1 saturated heterocycles. The Morgan fingerprint density at radius 1 is 1.07 bits per heavy atom. The monoisotopic (exact) mass is 410 g/mol. The molecule has 0 unspecified atom stereocenters. The molecule has 2 bridgehead atoms. The number of fused-ring (bicyclic) bond motifs is 4. The predicted octanol–water partition coefficient (Wildman–Crippen LogP) is 5.09. The zero-order valence-corrected chi connectivity index (χ0v) is 18.5. The van der Waals surface area contributed by atoms with Crippen molar-refractivity contribution in [3.8, 4) is 17.2 Å². The van der Waals surface area contributed by atoms with Crippen LogP contribution in [-0.2, 0) is 4.74 Å². The van der Waals surface area contributed by atoms with E-state index in [0.717, 1.165) is 11.3 Å². The van der Waals surface area contributed by atoms with Gasteiger partial charge in [-0.2, -0.15) is 0 Å². The fraction of sp³-hybridized carbons (Fsp3) is 0.480. The zero-order valence-electron chi connectivity index (χ0n) is 18.5. The molecular weight excluding hydrogens is 380 g/mol. The van der Waals surface area contributed by atoms with Gasteiger partial charge >= 0.3 is 0 Å². The summed E-state index contributed by atoms with van der Waals surface area (Å²) in [5.74, 6) is 1.76. The van der Waals surface area contributed by atoms with Gasteiger partial charge in [0.25, 0.3) is 0 Å². The molecule has 4 rings (SSSR count). The quantitative estimate of drug-likeness (QED) is 0.643. The highest BCUT2D eigenvalue weighted by atomic mass is 16.7. The van der Waals surface area contributed by atoms with E-state index in [1.165, 1.54) is 0 Å². The van der Waals surface area contributed by atoms with Crippen molar-refractivity contribution in [2.45, 2.75) is 46.0 Å². The average molecular weight is 411 g/mol. The van der Waals surface area contributed by atoms with Gasteiger partial charge in [0.2, 0.25) is 6.29 Å². The summed E-state index contributed by atoms with van der Waals surface area (Å²) in [5.41, 5.74) is 1.26. The first-order valence-corrected chi connectivity index (χ1v) is 10.5. The van der Waals surface area contributed by atoms with E-state index in [1.54, 1.807) is 32.4 Å². The number of carbonyl (C=O) groups excluding carboxylic acids is 1. The number of ketones is 1. The topological polar surface area (TPSA) is 54.0 Å². The second-order valence-electron chi connectivity index (χ2n) is 9.09. The van der Waals surface area contributed by atoms with Crippen molar-refractivity contribution in [1.82, 2.24) is 0 Å². The molecule has 0 amide bonds. The SMILES string of the molecule is COc1ccc(C(=O)[C@H]2[C@H](C(C)C)O[C@H]3Oc4ccccc4[C@@H]2C3(C)C)c(OC)c1. The molecule has 2 aromatic carbocycles. The number of para-hydroxylation sites is 1. The first-order chi connectivity index (χ1) is 14.3. The van der Waals surface area contributed by atoms with Gasteiger partial charge in [0, 0.05) is 17.4 Å². The van der Waals surface area contributed by atoms with Crippen molar-refractivity contribution < 1.29 is 23.7 Å². The van der Waals surface area contributed by atoms with Crippen LogP contribution in [0.1, 0.15) is 49.5 Å². The van der Waals surface area contributed by atoms with Crippen LogP contribution in [0, 0.1) is 17.3 Å².